The lowest BCUT2D eigenvalue weighted by molar-refractivity contribution is -0.0257. The van der Waals surface area contributed by atoms with Crippen LogP contribution in [0.2, 0.25) is 0 Å². The number of hydrogen-bond donors (Lipinski definition) is 0. The second kappa shape index (κ2) is 6.82. The van der Waals surface area contributed by atoms with Crippen LogP contribution in [0.1, 0.15) is 46.1 Å². The number of piperazine rings is 1. The molecule has 1 heterocycles. The highest BCUT2D eigenvalue weighted by atomic mass is 16.6. The van der Waals surface area contributed by atoms with Crippen LogP contribution in [-0.2, 0) is 16.1 Å². The number of benzene rings is 1. The van der Waals surface area contributed by atoms with Crippen LogP contribution in [0.5, 0.6) is 0 Å². The summed E-state index contributed by atoms with van der Waals surface area (Å²) in [7, 11) is 0. The van der Waals surface area contributed by atoms with Crippen molar-refractivity contribution in [1.29, 1.82) is 0 Å². The number of ether oxygens (including phenoxy) is 2. The Labute approximate surface area is 155 Å². The maximum Gasteiger partial charge on any atom is 0.411 e. The quantitative estimate of drug-likeness (QED) is 0.805. The summed E-state index contributed by atoms with van der Waals surface area (Å²) in [5.74, 6) is 0. The Morgan fingerprint density at radius 3 is 2.38 bits per heavy atom. The molecular formula is C20H28N2O4. The van der Waals surface area contributed by atoms with Gasteiger partial charge in [0.2, 0.25) is 0 Å². The van der Waals surface area contributed by atoms with Crippen molar-refractivity contribution in [3.63, 3.8) is 0 Å². The van der Waals surface area contributed by atoms with E-state index in [0.29, 0.717) is 13.1 Å². The molecule has 1 aliphatic carbocycles. The summed E-state index contributed by atoms with van der Waals surface area (Å²) in [6.45, 7) is 8.78. The molecule has 1 aromatic carbocycles. The van der Waals surface area contributed by atoms with E-state index in [1.807, 2.05) is 62.9 Å². The zero-order valence-electron chi connectivity index (χ0n) is 16.0. The molecule has 1 unspecified atom stereocenters. The van der Waals surface area contributed by atoms with Gasteiger partial charge >= 0.3 is 12.2 Å². The van der Waals surface area contributed by atoms with E-state index in [1.54, 1.807) is 4.90 Å². The molecule has 0 N–H and O–H groups in total. The third kappa shape index (κ3) is 4.11. The predicted molar refractivity (Wildman–Crippen MR) is 97.7 cm³/mol. The van der Waals surface area contributed by atoms with Gasteiger partial charge in [0, 0.05) is 13.1 Å². The fraction of sp³-hybridized carbons (Fsp3) is 0.600. The molecule has 2 fully saturated rings. The van der Waals surface area contributed by atoms with Gasteiger partial charge in [-0.25, -0.2) is 9.59 Å². The normalized spacial score (nSPS) is 21.5. The first-order chi connectivity index (χ1) is 12.2. The molecule has 0 radical (unpaired) electrons. The van der Waals surface area contributed by atoms with Gasteiger partial charge < -0.3 is 14.4 Å². The zero-order chi connectivity index (χ0) is 18.9. The number of carbonyl (C=O) groups is 2. The Hall–Kier alpha value is -2.24. The van der Waals surface area contributed by atoms with E-state index in [0.717, 1.165) is 18.4 Å². The van der Waals surface area contributed by atoms with Crippen molar-refractivity contribution in [2.45, 2.75) is 64.3 Å². The fourth-order valence-corrected chi connectivity index (χ4v) is 3.54. The molecule has 142 valence electrons. The van der Waals surface area contributed by atoms with E-state index >= 15 is 0 Å². The number of rotatable bonds is 2. The highest BCUT2D eigenvalue weighted by Gasteiger charge is 2.57. The van der Waals surface area contributed by atoms with Crippen LogP contribution < -0.4 is 0 Å². The van der Waals surface area contributed by atoms with Gasteiger partial charge in [-0.05, 0) is 46.1 Å². The van der Waals surface area contributed by atoms with E-state index in [9.17, 15) is 9.59 Å². The topological polar surface area (TPSA) is 59.1 Å². The molecule has 6 nitrogen and oxygen atoms in total. The Balaban J connectivity index is 1.62. The lowest BCUT2D eigenvalue weighted by Crippen LogP contribution is -2.63. The molecule has 3 rings (SSSR count). The third-order valence-electron chi connectivity index (χ3n) is 4.80. The Morgan fingerprint density at radius 2 is 1.81 bits per heavy atom. The van der Waals surface area contributed by atoms with E-state index < -0.39 is 5.60 Å². The highest BCUT2D eigenvalue weighted by molar-refractivity contribution is 5.73. The molecule has 2 aliphatic rings. The van der Waals surface area contributed by atoms with Gasteiger partial charge in [-0.1, -0.05) is 30.3 Å². The summed E-state index contributed by atoms with van der Waals surface area (Å²) >= 11 is 0. The number of hydrogen-bond acceptors (Lipinski definition) is 4. The number of nitrogens with zero attached hydrogens (tertiary/aromatic N) is 2. The Bertz CT molecular complexity index is 664. The van der Waals surface area contributed by atoms with Gasteiger partial charge in [0.1, 0.15) is 12.2 Å². The summed E-state index contributed by atoms with van der Waals surface area (Å²) in [5, 5.41) is 0. The minimum atomic E-state index is -0.529. The molecule has 1 spiro atoms. The molecule has 2 amide bonds. The second-order valence-corrected chi connectivity index (χ2v) is 8.34. The molecule has 1 aromatic rings. The van der Waals surface area contributed by atoms with Crippen LogP contribution >= 0.6 is 0 Å². The molecular weight excluding hydrogens is 332 g/mol. The van der Waals surface area contributed by atoms with Crippen molar-refractivity contribution >= 4 is 12.2 Å². The van der Waals surface area contributed by atoms with Crippen molar-refractivity contribution in [1.82, 2.24) is 9.80 Å². The lowest BCUT2D eigenvalue weighted by Gasteiger charge is -2.45. The Morgan fingerprint density at radius 1 is 1.15 bits per heavy atom. The largest absolute Gasteiger partial charge is 0.445 e. The van der Waals surface area contributed by atoms with Crippen molar-refractivity contribution in [3.8, 4) is 0 Å². The van der Waals surface area contributed by atoms with Gasteiger partial charge in [0.05, 0.1) is 11.6 Å². The molecule has 1 aliphatic heterocycles. The van der Waals surface area contributed by atoms with Crippen LogP contribution in [0, 0.1) is 0 Å². The lowest BCUT2D eigenvalue weighted by atomic mass is 10.1. The zero-order valence-corrected chi connectivity index (χ0v) is 16.0. The smallest absolute Gasteiger partial charge is 0.411 e. The van der Waals surface area contributed by atoms with Gasteiger partial charge in [-0.2, -0.15) is 0 Å². The van der Waals surface area contributed by atoms with Gasteiger partial charge in [0.15, 0.2) is 0 Å². The predicted octanol–water partition coefficient (Wildman–Crippen LogP) is 3.80. The van der Waals surface area contributed by atoms with Crippen LogP contribution in [0.3, 0.4) is 0 Å². The average Bonchev–Trinajstić information content (AvgIpc) is 3.30. The van der Waals surface area contributed by atoms with Crippen LogP contribution in [0.15, 0.2) is 30.3 Å². The minimum absolute atomic E-state index is 0.106. The summed E-state index contributed by atoms with van der Waals surface area (Å²) in [5.41, 5.74) is 0.132. The molecule has 0 bridgehead atoms. The third-order valence-corrected chi connectivity index (χ3v) is 4.80. The van der Waals surface area contributed by atoms with Crippen molar-refractivity contribution in [2.24, 2.45) is 0 Å². The SMILES string of the molecule is CC1CN(C(=O)OCc2ccccc2)CC2(CC2)N1C(=O)OC(C)(C)C. The van der Waals surface area contributed by atoms with Gasteiger partial charge in [-0.15, -0.1) is 0 Å². The first-order valence-electron chi connectivity index (χ1n) is 9.18. The van der Waals surface area contributed by atoms with E-state index in [-0.39, 0.29) is 30.4 Å². The van der Waals surface area contributed by atoms with E-state index in [4.69, 9.17) is 9.47 Å². The molecule has 26 heavy (non-hydrogen) atoms. The molecule has 1 saturated carbocycles. The summed E-state index contributed by atoms with van der Waals surface area (Å²) < 4.78 is 11.0. The second-order valence-electron chi connectivity index (χ2n) is 8.34. The Kier molecular flexibility index (Phi) is 4.86. The monoisotopic (exact) mass is 360 g/mol. The van der Waals surface area contributed by atoms with Gasteiger partial charge in [0.25, 0.3) is 0 Å². The van der Waals surface area contributed by atoms with Crippen molar-refractivity contribution in [2.75, 3.05) is 13.1 Å². The van der Waals surface area contributed by atoms with Crippen molar-refractivity contribution < 1.29 is 19.1 Å². The number of carbonyl (C=O) groups excluding carboxylic acids is 2. The standard InChI is InChI=1S/C20H28N2O4/c1-15-12-21(17(23)25-13-16-8-6-5-7-9-16)14-20(10-11-20)22(15)18(24)26-19(2,3)4/h5-9,15H,10-14H2,1-4H3. The maximum absolute atomic E-state index is 12.6. The summed E-state index contributed by atoms with van der Waals surface area (Å²) in [6.07, 6.45) is 1.16. The van der Waals surface area contributed by atoms with Gasteiger partial charge in [-0.3, -0.25) is 4.90 Å². The minimum Gasteiger partial charge on any atom is -0.445 e. The van der Waals surface area contributed by atoms with Crippen LogP contribution in [0.4, 0.5) is 9.59 Å². The number of amides is 2. The van der Waals surface area contributed by atoms with Crippen molar-refractivity contribution in [3.05, 3.63) is 35.9 Å². The molecule has 1 saturated heterocycles. The molecule has 1 atom stereocenters. The first kappa shape index (κ1) is 18.5. The van der Waals surface area contributed by atoms with E-state index in [2.05, 4.69) is 0 Å². The summed E-state index contributed by atoms with van der Waals surface area (Å²) in [6, 6.07) is 9.52. The van der Waals surface area contributed by atoms with Crippen LogP contribution in [-0.4, -0.2) is 52.3 Å². The average molecular weight is 360 g/mol. The fourth-order valence-electron chi connectivity index (χ4n) is 3.54. The van der Waals surface area contributed by atoms with Crippen LogP contribution in [0.25, 0.3) is 0 Å². The highest BCUT2D eigenvalue weighted by Crippen LogP contribution is 2.46. The summed E-state index contributed by atoms with van der Waals surface area (Å²) in [4.78, 5) is 28.7. The van der Waals surface area contributed by atoms with E-state index in [1.165, 1.54) is 0 Å². The molecule has 0 aromatic heterocycles. The maximum atomic E-state index is 12.6. The first-order valence-corrected chi connectivity index (χ1v) is 9.18. The molecule has 6 heteroatoms.